The predicted molar refractivity (Wildman–Crippen MR) is 359 cm³/mol. The van der Waals surface area contributed by atoms with Crippen LogP contribution in [-0.4, -0.2) is 181 Å². The van der Waals surface area contributed by atoms with Gasteiger partial charge < -0.3 is 80.2 Å². The third kappa shape index (κ3) is 15.8. The Balaban J connectivity index is 1.01. The van der Waals surface area contributed by atoms with Gasteiger partial charge in [0.2, 0.25) is 23.8 Å². The van der Waals surface area contributed by atoms with Gasteiger partial charge in [0.15, 0.2) is 22.5 Å². The minimum atomic E-state index is -2.47. The summed E-state index contributed by atoms with van der Waals surface area (Å²) in [5.74, 6) is -9.14. The zero-order valence-electron chi connectivity index (χ0n) is 58.1. The monoisotopic (exact) mass is 1390 g/mol. The third-order valence-electron chi connectivity index (χ3n) is 19.1. The van der Waals surface area contributed by atoms with Crippen LogP contribution in [0, 0.1) is 16.7 Å². The molecule has 29 nitrogen and oxygen atoms in total. The number of nitrogens with zero attached hydrogens (tertiary/aromatic N) is 4. The van der Waals surface area contributed by atoms with Gasteiger partial charge in [-0.25, -0.2) is 29.1 Å². The lowest BCUT2D eigenvalue weighted by atomic mass is 9.41. The highest BCUT2D eigenvalue weighted by Gasteiger charge is 2.82. The number of ether oxygens (including phenoxy) is 8. The maximum atomic E-state index is 16.1. The number of unbranched alkanes of at least 4 members (excludes halogenated alkanes) is 1. The van der Waals surface area contributed by atoms with E-state index in [0.717, 1.165) is 5.56 Å². The first-order chi connectivity index (χ1) is 47.1. The molecule has 9 N–H and O–H groups in total. The van der Waals surface area contributed by atoms with Gasteiger partial charge in [0.1, 0.15) is 53.0 Å². The SMILES string of the molecule is C=C(/C=C\C=C/C)[C@H](NC(=O)OC(C)(C)C)[C@@H](OC(=O)CCC(=O)NCCCC[C@H](NC(=O)c1ccc(CNc2cnc3nc(N)nc(O)c3n2)cc1)C(=O)O)C(=O)O[C@H]1C[C@]2(O)C(C)(C)C(=C1C)[C@@H](OC)C(=O)[C@]1(C)[C@@H](OC)C[C@H]3OC[C@@]3(OC(C)=O)[C@H]1[C@@]2(C)OC(=O)c1ccccc1. The number of amides is 3. The standard InChI is InChI=1S/C71H89N9O20/c1-14-15-17-22-38(2)52(78-65(91)100-66(5,6)7)55(97-50(83)31-30-49(82)73-32-21-20-25-44(60(87)88)76-58(85)42-28-26-41(27-29-42)35-74-48-36-75-57-53(77-48)59(86)80-64(72)79-57)62(90)96-45-34-71(92)67(8,9)51(39(45)3)54(94-13)56(84)68(10)46(93-12)33-47-70(37-95-47,98-40(4)81)63(68)69(71,11)99-61(89)43-23-18-16-19-24-43/h14-19,22-24,26-29,36,44-47,52,54-55,63,92H,2,20-21,25,30-35,37H2,1,3-13H3,(H,73,82)(H,74,77)(H,76,85)(H,78,91)(H,87,88)(H3,72,75,79,80,86)/b15-14-,22-17-/t44-,45-,46-,47+,52-,54+,55+,63+,68-,69+,70-,71-/m0/s1. The van der Waals surface area contributed by atoms with E-state index in [9.17, 15) is 48.9 Å². The molecule has 1 aliphatic heterocycles. The number of fused-ring (bicyclic) bond motifs is 6. The number of carbonyl (C=O) groups excluding carboxylic acids is 8. The van der Waals surface area contributed by atoms with Gasteiger partial charge in [-0.2, -0.15) is 9.97 Å². The fourth-order valence-electron chi connectivity index (χ4n) is 14.4. The molecule has 2 bridgehead atoms. The molecule has 3 aliphatic carbocycles. The third-order valence-corrected chi connectivity index (χ3v) is 19.1. The lowest BCUT2D eigenvalue weighted by molar-refractivity contribution is -0.367. The Labute approximate surface area is 578 Å². The van der Waals surface area contributed by atoms with Crippen LogP contribution >= 0.6 is 0 Å². The maximum Gasteiger partial charge on any atom is 0.408 e. The van der Waals surface area contributed by atoms with Crippen molar-refractivity contribution in [2.24, 2.45) is 16.7 Å². The summed E-state index contributed by atoms with van der Waals surface area (Å²) in [5.41, 5.74) is -4.15. The molecule has 0 radical (unpaired) electrons. The first-order valence-corrected chi connectivity index (χ1v) is 32.7. The number of carboxylic acids is 1. The summed E-state index contributed by atoms with van der Waals surface area (Å²) in [6.45, 7) is 19.7. The van der Waals surface area contributed by atoms with Crippen LogP contribution in [0.15, 0.2) is 108 Å². The molecule has 100 heavy (non-hydrogen) atoms. The number of ketones is 1. The fraction of sp³-hybridized carbons (Fsp3) is 0.507. The number of carbonyl (C=O) groups is 9. The molecule has 29 heteroatoms. The highest BCUT2D eigenvalue weighted by Crippen LogP contribution is 2.68. The van der Waals surface area contributed by atoms with Crippen LogP contribution in [0.1, 0.15) is 140 Å². The second kappa shape index (κ2) is 30.8. The van der Waals surface area contributed by atoms with Crippen molar-refractivity contribution in [2.75, 3.05) is 38.4 Å². The Morgan fingerprint density at radius 3 is 2.22 bits per heavy atom. The van der Waals surface area contributed by atoms with Crippen LogP contribution in [0.25, 0.3) is 11.2 Å². The summed E-state index contributed by atoms with van der Waals surface area (Å²) in [5, 5.41) is 45.4. The highest BCUT2D eigenvalue weighted by molar-refractivity contribution is 5.97. The van der Waals surface area contributed by atoms with E-state index in [2.05, 4.69) is 47.8 Å². The van der Waals surface area contributed by atoms with E-state index in [1.165, 1.54) is 64.6 Å². The number of esters is 4. The van der Waals surface area contributed by atoms with Crippen molar-refractivity contribution in [3.63, 3.8) is 0 Å². The van der Waals surface area contributed by atoms with Crippen molar-refractivity contribution < 1.29 is 96.4 Å². The van der Waals surface area contributed by atoms with Crippen LogP contribution in [-0.2, 0) is 73.2 Å². The van der Waals surface area contributed by atoms with Gasteiger partial charge in [0.25, 0.3) is 5.91 Å². The number of nitrogens with two attached hydrogens (primary N) is 1. The molecule has 1 saturated heterocycles. The largest absolute Gasteiger partial charge is 0.492 e. The number of alkyl carbamates (subject to hydrolysis) is 1. The lowest BCUT2D eigenvalue weighted by Crippen LogP contribution is -2.85. The number of hydrogen-bond acceptors (Lipinski definition) is 25. The van der Waals surface area contributed by atoms with E-state index in [1.54, 1.807) is 104 Å². The molecule has 2 aromatic heterocycles. The molecular weight excluding hydrogens is 1300 g/mol. The van der Waals surface area contributed by atoms with E-state index in [0.29, 0.717) is 5.82 Å². The number of rotatable bonds is 27. The molecule has 12 atom stereocenters. The van der Waals surface area contributed by atoms with Gasteiger partial charge in [0.05, 0.1) is 42.2 Å². The number of Topliss-reactive ketones (excluding diaryl/α,β-unsaturated/α-hetero) is 1. The number of nitrogen functional groups attached to an aromatic ring is 1. The molecule has 3 amide bonds. The smallest absolute Gasteiger partial charge is 0.408 e. The summed E-state index contributed by atoms with van der Waals surface area (Å²) >= 11 is 0. The van der Waals surface area contributed by atoms with Gasteiger partial charge in [0, 0.05) is 64.5 Å². The minimum Gasteiger partial charge on any atom is -0.492 e. The number of allylic oxidation sites excluding steroid dienone is 3. The number of aliphatic hydroxyl groups is 1. The van der Waals surface area contributed by atoms with Crippen molar-refractivity contribution in [3.8, 4) is 5.88 Å². The molecule has 3 fully saturated rings. The summed E-state index contributed by atoms with van der Waals surface area (Å²) in [7, 11) is 2.69. The molecule has 538 valence electrons. The zero-order chi connectivity index (χ0) is 73.5. The molecule has 4 aromatic rings. The number of carboxylic acid groups (broad SMARTS) is 1. The molecule has 0 spiro atoms. The van der Waals surface area contributed by atoms with E-state index < -0.39 is 160 Å². The Morgan fingerprint density at radius 1 is 0.900 bits per heavy atom. The van der Waals surface area contributed by atoms with E-state index in [-0.39, 0.29) is 90.3 Å². The number of nitrogens with one attached hydrogen (secondary N) is 4. The van der Waals surface area contributed by atoms with Crippen LogP contribution in [0.4, 0.5) is 16.6 Å². The number of hydrogen-bond donors (Lipinski definition) is 8. The van der Waals surface area contributed by atoms with E-state index in [4.69, 9.17) is 43.6 Å². The number of benzene rings is 2. The Morgan fingerprint density at radius 2 is 1.60 bits per heavy atom. The number of aromatic nitrogens is 4. The van der Waals surface area contributed by atoms with Gasteiger partial charge in [-0.3, -0.25) is 24.0 Å². The van der Waals surface area contributed by atoms with Gasteiger partial charge in [-0.15, -0.1) is 0 Å². The average Bonchev–Trinajstić information content (AvgIpc) is 0.657. The maximum absolute atomic E-state index is 16.1. The second-order valence-corrected chi connectivity index (χ2v) is 27.2. The van der Waals surface area contributed by atoms with Crippen molar-refractivity contribution in [1.82, 2.24) is 35.9 Å². The molecule has 2 aromatic carbocycles. The first kappa shape index (κ1) is 76.1. The van der Waals surface area contributed by atoms with E-state index >= 15 is 9.59 Å². The number of aromatic hydroxyl groups is 1. The zero-order valence-corrected chi connectivity index (χ0v) is 58.1. The van der Waals surface area contributed by atoms with Gasteiger partial charge in [-0.1, -0.05) is 75.1 Å². The lowest BCUT2D eigenvalue weighted by Gasteiger charge is -2.71. The Hall–Kier alpha value is -9.71. The van der Waals surface area contributed by atoms with Crippen LogP contribution in [0.2, 0.25) is 0 Å². The summed E-state index contributed by atoms with van der Waals surface area (Å²) < 4.78 is 49.7. The normalized spacial score (nSPS) is 25.4. The van der Waals surface area contributed by atoms with Crippen molar-refractivity contribution in [2.45, 2.75) is 186 Å². The quantitative estimate of drug-likeness (QED) is 0.0105. The number of aliphatic carboxylic acids is 1. The molecule has 0 unspecified atom stereocenters. The van der Waals surface area contributed by atoms with E-state index in [1.807, 2.05) is 0 Å². The molecule has 2 saturated carbocycles. The van der Waals surface area contributed by atoms with Crippen molar-refractivity contribution in [3.05, 3.63) is 125 Å². The highest BCUT2D eigenvalue weighted by atomic mass is 16.6. The van der Waals surface area contributed by atoms with Crippen LogP contribution in [0.5, 0.6) is 5.88 Å². The number of methoxy groups -OCH3 is 2. The first-order valence-electron chi connectivity index (χ1n) is 32.7. The van der Waals surface area contributed by atoms with Gasteiger partial charge >= 0.3 is 35.9 Å². The molecule has 3 heterocycles. The molecule has 8 rings (SSSR count). The summed E-state index contributed by atoms with van der Waals surface area (Å²) in [6.07, 6.45) is -1.90. The Bertz CT molecular complexity index is 3890. The summed E-state index contributed by atoms with van der Waals surface area (Å²) in [6, 6.07) is 11.3. The van der Waals surface area contributed by atoms with Crippen molar-refractivity contribution in [1.29, 1.82) is 0 Å². The average molecular weight is 1390 g/mol. The Kier molecular flexibility index (Phi) is 23.4. The second-order valence-electron chi connectivity index (χ2n) is 27.2. The predicted octanol–water partition coefficient (Wildman–Crippen LogP) is 6.41. The fourth-order valence-corrected chi connectivity index (χ4v) is 14.4. The van der Waals surface area contributed by atoms with Crippen LogP contribution in [0.3, 0.4) is 0 Å². The molecular formula is C71H89N9O20. The van der Waals surface area contributed by atoms with Crippen molar-refractivity contribution >= 4 is 76.5 Å². The summed E-state index contributed by atoms with van der Waals surface area (Å²) in [4.78, 5) is 143. The number of anilines is 2. The topological polar surface area (TPSA) is 414 Å². The molecule has 4 aliphatic rings. The van der Waals surface area contributed by atoms with Crippen LogP contribution < -0.4 is 27.0 Å². The minimum absolute atomic E-state index is 0.00622. The van der Waals surface area contributed by atoms with Gasteiger partial charge in [-0.05, 0) is 114 Å².